The number of ketones is 1. The molecule has 0 aliphatic rings. The summed E-state index contributed by atoms with van der Waals surface area (Å²) in [5.41, 5.74) is 1.48. The highest BCUT2D eigenvalue weighted by molar-refractivity contribution is 6.04. The minimum absolute atomic E-state index is 0.0978. The Kier molecular flexibility index (Phi) is 3.40. The molecule has 0 fully saturated rings. The van der Waals surface area contributed by atoms with Crippen molar-refractivity contribution in [3.05, 3.63) is 29.3 Å². The largest absolute Gasteiger partial charge is 0.496 e. The quantitative estimate of drug-likeness (QED) is 0.415. The Hall–Kier alpha value is -1.64. The number of carbonyl (C=O) groups excluding carboxylic acids is 2. The minimum atomic E-state index is -0.211. The Morgan fingerprint density at radius 2 is 2.21 bits per heavy atom. The van der Waals surface area contributed by atoms with Crippen LogP contribution >= 0.6 is 0 Å². The van der Waals surface area contributed by atoms with Gasteiger partial charge in [0.15, 0.2) is 5.78 Å². The molecule has 0 atom stereocenters. The van der Waals surface area contributed by atoms with E-state index < -0.39 is 0 Å². The van der Waals surface area contributed by atoms with Gasteiger partial charge in [-0.1, -0.05) is 6.07 Å². The maximum atomic E-state index is 11.4. The summed E-state index contributed by atoms with van der Waals surface area (Å²) in [7, 11) is 1.51. The van der Waals surface area contributed by atoms with Crippen molar-refractivity contribution in [3.63, 3.8) is 0 Å². The third-order valence-electron chi connectivity index (χ3n) is 1.93. The van der Waals surface area contributed by atoms with E-state index in [0.717, 1.165) is 5.56 Å². The van der Waals surface area contributed by atoms with Gasteiger partial charge < -0.3 is 9.53 Å². The molecule has 1 aromatic rings. The molecule has 3 heteroatoms. The van der Waals surface area contributed by atoms with Crippen LogP contribution in [0.3, 0.4) is 0 Å². The lowest BCUT2D eigenvalue weighted by Gasteiger charge is -2.06. The first kappa shape index (κ1) is 10.4. The Balaban J connectivity index is 3.07. The van der Waals surface area contributed by atoms with Gasteiger partial charge in [0.25, 0.3) is 0 Å². The summed E-state index contributed by atoms with van der Waals surface area (Å²) in [6.45, 7) is 1.91. The topological polar surface area (TPSA) is 43.4 Å². The lowest BCUT2D eigenvalue weighted by Crippen LogP contribution is -2.02. The van der Waals surface area contributed by atoms with Gasteiger partial charge in [-0.2, -0.15) is 0 Å². The fraction of sp³-hybridized carbons (Fsp3) is 0.273. The van der Waals surface area contributed by atoms with Crippen LogP contribution in [-0.2, 0) is 4.79 Å². The zero-order valence-corrected chi connectivity index (χ0v) is 8.24. The smallest absolute Gasteiger partial charge is 0.173 e. The van der Waals surface area contributed by atoms with Gasteiger partial charge in [-0.15, -0.1) is 0 Å². The average molecular weight is 192 g/mol. The van der Waals surface area contributed by atoms with Crippen LogP contribution in [0.2, 0.25) is 0 Å². The fourth-order valence-corrected chi connectivity index (χ4v) is 1.21. The van der Waals surface area contributed by atoms with Gasteiger partial charge in [0.2, 0.25) is 0 Å². The third-order valence-corrected chi connectivity index (χ3v) is 1.93. The van der Waals surface area contributed by atoms with Crippen molar-refractivity contribution in [2.45, 2.75) is 13.3 Å². The van der Waals surface area contributed by atoms with Gasteiger partial charge >= 0.3 is 0 Å². The summed E-state index contributed by atoms with van der Waals surface area (Å²) < 4.78 is 5.06. The Morgan fingerprint density at radius 1 is 1.50 bits per heavy atom. The molecule has 0 unspecified atom stereocenters. The second kappa shape index (κ2) is 4.56. The molecule has 0 saturated heterocycles. The summed E-state index contributed by atoms with van der Waals surface area (Å²) in [4.78, 5) is 21.6. The zero-order chi connectivity index (χ0) is 10.6. The maximum absolute atomic E-state index is 11.4. The predicted molar refractivity (Wildman–Crippen MR) is 52.7 cm³/mol. The second-order valence-electron chi connectivity index (χ2n) is 3.00. The normalized spacial score (nSPS) is 9.57. The number of benzene rings is 1. The Bertz CT molecular complexity index is 356. The molecule has 0 aliphatic carbocycles. The lowest BCUT2D eigenvalue weighted by atomic mass is 10.1. The molecule has 0 saturated carbocycles. The van der Waals surface area contributed by atoms with Crippen molar-refractivity contribution in [1.82, 2.24) is 0 Å². The fourth-order valence-electron chi connectivity index (χ4n) is 1.21. The molecule has 0 spiro atoms. The molecule has 74 valence electrons. The molecule has 1 aromatic carbocycles. The summed E-state index contributed by atoms with van der Waals surface area (Å²) in [5, 5.41) is 0. The van der Waals surface area contributed by atoms with E-state index in [1.807, 2.05) is 13.0 Å². The molecule has 0 aromatic heterocycles. The SMILES string of the molecule is COc1cc(C)ccc1C(=O)CC=O. The number of aldehydes is 1. The van der Waals surface area contributed by atoms with E-state index in [4.69, 9.17) is 4.74 Å². The summed E-state index contributed by atoms with van der Waals surface area (Å²) in [5.74, 6) is 0.314. The number of hydrogen-bond donors (Lipinski definition) is 0. The first-order valence-corrected chi connectivity index (χ1v) is 4.30. The highest BCUT2D eigenvalue weighted by Gasteiger charge is 2.10. The molecule has 0 amide bonds. The van der Waals surface area contributed by atoms with E-state index in [9.17, 15) is 9.59 Å². The van der Waals surface area contributed by atoms with Crippen LogP contribution in [0.25, 0.3) is 0 Å². The molecular weight excluding hydrogens is 180 g/mol. The Morgan fingerprint density at radius 3 is 2.79 bits per heavy atom. The first-order chi connectivity index (χ1) is 6.69. The minimum Gasteiger partial charge on any atom is -0.496 e. The maximum Gasteiger partial charge on any atom is 0.173 e. The highest BCUT2D eigenvalue weighted by Crippen LogP contribution is 2.20. The molecular formula is C11H12O3. The predicted octanol–water partition coefficient (Wildman–Crippen LogP) is 1.78. The van der Waals surface area contributed by atoms with E-state index in [1.165, 1.54) is 7.11 Å². The van der Waals surface area contributed by atoms with Crippen molar-refractivity contribution >= 4 is 12.1 Å². The monoisotopic (exact) mass is 192 g/mol. The number of carbonyl (C=O) groups is 2. The number of hydrogen-bond acceptors (Lipinski definition) is 3. The highest BCUT2D eigenvalue weighted by atomic mass is 16.5. The van der Waals surface area contributed by atoms with Crippen LogP contribution in [0.15, 0.2) is 18.2 Å². The Labute approximate surface area is 82.7 Å². The van der Waals surface area contributed by atoms with Crippen LogP contribution in [-0.4, -0.2) is 19.2 Å². The van der Waals surface area contributed by atoms with E-state index in [-0.39, 0.29) is 12.2 Å². The summed E-state index contributed by atoms with van der Waals surface area (Å²) in [6, 6.07) is 5.28. The number of rotatable bonds is 4. The van der Waals surface area contributed by atoms with E-state index in [2.05, 4.69) is 0 Å². The van der Waals surface area contributed by atoms with Gasteiger partial charge in [-0.25, -0.2) is 0 Å². The number of methoxy groups -OCH3 is 1. The summed E-state index contributed by atoms with van der Waals surface area (Å²) in [6.07, 6.45) is 0.501. The molecule has 14 heavy (non-hydrogen) atoms. The van der Waals surface area contributed by atoms with Crippen molar-refractivity contribution in [2.75, 3.05) is 7.11 Å². The number of aryl methyl sites for hydroxylation is 1. The van der Waals surface area contributed by atoms with Crippen molar-refractivity contribution in [2.24, 2.45) is 0 Å². The van der Waals surface area contributed by atoms with Crippen molar-refractivity contribution in [1.29, 1.82) is 0 Å². The van der Waals surface area contributed by atoms with Gasteiger partial charge in [-0.3, -0.25) is 4.79 Å². The third kappa shape index (κ3) is 2.19. The summed E-state index contributed by atoms with van der Waals surface area (Å²) >= 11 is 0. The van der Waals surface area contributed by atoms with Crippen molar-refractivity contribution in [3.8, 4) is 5.75 Å². The molecule has 0 aliphatic heterocycles. The standard InChI is InChI=1S/C11H12O3/c1-8-3-4-9(10(13)5-6-12)11(7-8)14-2/h3-4,6-7H,5H2,1-2H3. The molecule has 0 radical (unpaired) electrons. The van der Waals surface area contributed by atoms with E-state index in [1.54, 1.807) is 12.1 Å². The van der Waals surface area contributed by atoms with Gasteiger partial charge in [0, 0.05) is 0 Å². The molecule has 1 rings (SSSR count). The molecule has 3 nitrogen and oxygen atoms in total. The second-order valence-corrected chi connectivity index (χ2v) is 3.00. The van der Waals surface area contributed by atoms with Crippen LogP contribution in [0.5, 0.6) is 5.75 Å². The van der Waals surface area contributed by atoms with E-state index >= 15 is 0 Å². The van der Waals surface area contributed by atoms with Crippen molar-refractivity contribution < 1.29 is 14.3 Å². The van der Waals surface area contributed by atoms with E-state index in [0.29, 0.717) is 17.6 Å². The van der Waals surface area contributed by atoms with Crippen LogP contribution in [0.4, 0.5) is 0 Å². The van der Waals surface area contributed by atoms with Gasteiger partial charge in [-0.05, 0) is 24.6 Å². The molecule has 0 bridgehead atoms. The average Bonchev–Trinajstić information content (AvgIpc) is 2.17. The molecule has 0 heterocycles. The number of ether oxygens (including phenoxy) is 1. The van der Waals surface area contributed by atoms with Crippen LogP contribution < -0.4 is 4.74 Å². The molecule has 0 N–H and O–H groups in total. The van der Waals surface area contributed by atoms with Crippen LogP contribution in [0.1, 0.15) is 22.3 Å². The number of Topliss-reactive ketones (excluding diaryl/α,β-unsaturated/α-hetero) is 1. The first-order valence-electron chi connectivity index (χ1n) is 4.30. The lowest BCUT2D eigenvalue weighted by molar-refractivity contribution is -0.107. The zero-order valence-electron chi connectivity index (χ0n) is 8.24. The van der Waals surface area contributed by atoms with Crippen LogP contribution in [0, 0.1) is 6.92 Å². The van der Waals surface area contributed by atoms with Gasteiger partial charge in [0.1, 0.15) is 12.0 Å². The van der Waals surface area contributed by atoms with Gasteiger partial charge in [0.05, 0.1) is 19.1 Å².